The van der Waals surface area contributed by atoms with Gasteiger partial charge in [0, 0.05) is 37.8 Å². The van der Waals surface area contributed by atoms with E-state index < -0.39 is 0 Å². The summed E-state index contributed by atoms with van der Waals surface area (Å²) < 4.78 is 0. The number of piperidine rings is 2. The van der Waals surface area contributed by atoms with Crippen LogP contribution in [0.25, 0.3) is 0 Å². The highest BCUT2D eigenvalue weighted by Crippen LogP contribution is 2.31. The number of fused-ring (bicyclic) bond motifs is 1. The largest absolute Gasteiger partial charge is 0.342 e. The lowest BCUT2D eigenvalue weighted by Crippen LogP contribution is -2.48. The maximum Gasteiger partial charge on any atom is 0.230 e. The van der Waals surface area contributed by atoms with Crippen LogP contribution in [-0.4, -0.2) is 49.4 Å². The van der Waals surface area contributed by atoms with E-state index in [9.17, 15) is 9.59 Å². The quantitative estimate of drug-likeness (QED) is 0.859. The molecule has 3 heterocycles. The van der Waals surface area contributed by atoms with Crippen molar-refractivity contribution < 1.29 is 9.59 Å². The fourth-order valence-electron chi connectivity index (χ4n) is 4.46. The van der Waals surface area contributed by atoms with Crippen molar-refractivity contribution >= 4 is 29.9 Å². The Morgan fingerprint density at radius 1 is 0.962 bits per heavy atom. The molecule has 0 aliphatic carbocycles. The molecule has 3 aliphatic heterocycles. The first-order valence-electron chi connectivity index (χ1n) is 9.63. The molecule has 1 N–H and O–H groups in total. The number of anilines is 1. The summed E-state index contributed by atoms with van der Waals surface area (Å²) in [5.41, 5.74) is 2.35. The van der Waals surface area contributed by atoms with E-state index in [0.29, 0.717) is 0 Å². The lowest BCUT2D eigenvalue weighted by molar-refractivity contribution is -0.139. The molecule has 2 fully saturated rings. The number of hydrogen-bond donors (Lipinski definition) is 1. The zero-order valence-electron chi connectivity index (χ0n) is 15.2. The molecule has 6 heteroatoms. The van der Waals surface area contributed by atoms with Crippen LogP contribution >= 0.6 is 12.4 Å². The molecule has 1 unspecified atom stereocenters. The standard InChI is InChI=1S/C20H27N3O2.ClH/c24-19(17-5-3-10-21-14-17)22-11-7-16(8-12-22)20(25)23-13-9-15-4-1-2-6-18(15)23;/h1-2,4,6,16-17,21H,3,5,7-14H2;1H. The van der Waals surface area contributed by atoms with Gasteiger partial charge in [0.25, 0.3) is 0 Å². The zero-order chi connectivity index (χ0) is 17.2. The van der Waals surface area contributed by atoms with Crippen LogP contribution in [0, 0.1) is 11.8 Å². The van der Waals surface area contributed by atoms with Gasteiger partial charge in [-0.15, -0.1) is 12.4 Å². The van der Waals surface area contributed by atoms with Gasteiger partial charge < -0.3 is 15.1 Å². The summed E-state index contributed by atoms with van der Waals surface area (Å²) >= 11 is 0. The van der Waals surface area contributed by atoms with Crippen molar-refractivity contribution in [3.63, 3.8) is 0 Å². The van der Waals surface area contributed by atoms with Gasteiger partial charge >= 0.3 is 0 Å². The number of likely N-dealkylation sites (tertiary alicyclic amines) is 1. The van der Waals surface area contributed by atoms with Gasteiger partial charge in [0.2, 0.25) is 11.8 Å². The first-order valence-corrected chi connectivity index (χ1v) is 9.63. The minimum Gasteiger partial charge on any atom is -0.342 e. The lowest BCUT2D eigenvalue weighted by atomic mass is 9.92. The number of benzene rings is 1. The van der Waals surface area contributed by atoms with Crippen LogP contribution in [0.15, 0.2) is 24.3 Å². The molecule has 4 rings (SSSR count). The van der Waals surface area contributed by atoms with Crippen molar-refractivity contribution in [1.82, 2.24) is 10.2 Å². The predicted molar refractivity (Wildman–Crippen MR) is 105 cm³/mol. The van der Waals surface area contributed by atoms with Crippen LogP contribution in [0.2, 0.25) is 0 Å². The van der Waals surface area contributed by atoms with E-state index in [-0.39, 0.29) is 36.1 Å². The Kier molecular flexibility index (Phi) is 6.20. The fourth-order valence-corrected chi connectivity index (χ4v) is 4.46. The molecule has 1 atom stereocenters. The van der Waals surface area contributed by atoms with Crippen LogP contribution < -0.4 is 10.2 Å². The SMILES string of the molecule is Cl.O=C(C1CCCNC1)N1CCC(C(=O)N2CCc3ccccc32)CC1. The second kappa shape index (κ2) is 8.40. The van der Waals surface area contributed by atoms with Gasteiger partial charge in [-0.05, 0) is 50.3 Å². The van der Waals surface area contributed by atoms with Gasteiger partial charge in [-0.25, -0.2) is 0 Å². The van der Waals surface area contributed by atoms with Crippen molar-refractivity contribution in [3.05, 3.63) is 29.8 Å². The number of nitrogens with one attached hydrogen (secondary N) is 1. The van der Waals surface area contributed by atoms with Crippen molar-refractivity contribution in [2.24, 2.45) is 11.8 Å². The predicted octanol–water partition coefficient (Wildman–Crippen LogP) is 2.24. The average molecular weight is 378 g/mol. The van der Waals surface area contributed by atoms with Crippen molar-refractivity contribution in [2.75, 3.05) is 37.6 Å². The zero-order valence-corrected chi connectivity index (χ0v) is 16.0. The highest BCUT2D eigenvalue weighted by Gasteiger charge is 2.34. The number of amides is 2. The van der Waals surface area contributed by atoms with Crippen molar-refractivity contribution in [3.8, 4) is 0 Å². The minimum absolute atomic E-state index is 0. The molecule has 0 aromatic heterocycles. The Bertz CT molecular complexity index is 652. The van der Waals surface area contributed by atoms with E-state index in [1.807, 2.05) is 21.9 Å². The van der Waals surface area contributed by atoms with E-state index in [4.69, 9.17) is 0 Å². The molecule has 5 nitrogen and oxygen atoms in total. The number of carbonyl (C=O) groups is 2. The smallest absolute Gasteiger partial charge is 0.230 e. The third kappa shape index (κ3) is 3.74. The van der Waals surface area contributed by atoms with Crippen molar-refractivity contribution in [1.29, 1.82) is 0 Å². The number of carbonyl (C=O) groups excluding carboxylic acids is 2. The molecule has 0 spiro atoms. The van der Waals surface area contributed by atoms with E-state index in [1.165, 1.54) is 5.56 Å². The van der Waals surface area contributed by atoms with Gasteiger partial charge in [0.1, 0.15) is 0 Å². The maximum absolute atomic E-state index is 13.0. The Hall–Kier alpha value is -1.59. The van der Waals surface area contributed by atoms with Gasteiger partial charge in [0.05, 0.1) is 5.92 Å². The normalized spacial score (nSPS) is 23.3. The summed E-state index contributed by atoms with van der Waals surface area (Å²) in [5, 5.41) is 3.32. The molecule has 0 saturated carbocycles. The Labute approximate surface area is 161 Å². The Morgan fingerprint density at radius 3 is 2.46 bits per heavy atom. The second-order valence-electron chi connectivity index (χ2n) is 7.51. The summed E-state index contributed by atoms with van der Waals surface area (Å²) in [7, 11) is 0. The topological polar surface area (TPSA) is 52.7 Å². The summed E-state index contributed by atoms with van der Waals surface area (Å²) in [6, 6.07) is 8.21. The first-order chi connectivity index (χ1) is 12.2. The summed E-state index contributed by atoms with van der Waals surface area (Å²) in [6.07, 6.45) is 4.62. The molecule has 0 bridgehead atoms. The van der Waals surface area contributed by atoms with Crippen molar-refractivity contribution in [2.45, 2.75) is 32.1 Å². The Balaban J connectivity index is 0.00000196. The van der Waals surface area contributed by atoms with Gasteiger partial charge in [-0.3, -0.25) is 9.59 Å². The highest BCUT2D eigenvalue weighted by molar-refractivity contribution is 5.97. The van der Waals surface area contributed by atoms with Crippen LogP contribution in [0.3, 0.4) is 0 Å². The molecule has 0 radical (unpaired) electrons. The van der Waals surface area contributed by atoms with E-state index in [0.717, 1.165) is 70.5 Å². The molecule has 1 aromatic carbocycles. The van der Waals surface area contributed by atoms with E-state index in [2.05, 4.69) is 17.4 Å². The molecule has 3 aliphatic rings. The molecule has 1 aromatic rings. The van der Waals surface area contributed by atoms with Gasteiger partial charge in [-0.2, -0.15) is 0 Å². The Morgan fingerprint density at radius 2 is 1.73 bits per heavy atom. The third-order valence-corrected chi connectivity index (χ3v) is 5.96. The van der Waals surface area contributed by atoms with Gasteiger partial charge in [0.15, 0.2) is 0 Å². The highest BCUT2D eigenvalue weighted by atomic mass is 35.5. The molecule has 2 amide bonds. The fraction of sp³-hybridized carbons (Fsp3) is 0.600. The van der Waals surface area contributed by atoms with Crippen LogP contribution in [-0.2, 0) is 16.0 Å². The van der Waals surface area contributed by atoms with E-state index in [1.54, 1.807) is 0 Å². The lowest BCUT2D eigenvalue weighted by Gasteiger charge is -2.36. The number of rotatable bonds is 2. The minimum atomic E-state index is 0. The van der Waals surface area contributed by atoms with Crippen LogP contribution in [0.5, 0.6) is 0 Å². The summed E-state index contributed by atoms with van der Waals surface area (Å²) in [5.74, 6) is 0.715. The van der Waals surface area contributed by atoms with E-state index >= 15 is 0 Å². The second-order valence-corrected chi connectivity index (χ2v) is 7.51. The molecule has 142 valence electrons. The maximum atomic E-state index is 13.0. The molecule has 2 saturated heterocycles. The van der Waals surface area contributed by atoms with Crippen LogP contribution in [0.1, 0.15) is 31.2 Å². The van der Waals surface area contributed by atoms with Crippen LogP contribution in [0.4, 0.5) is 5.69 Å². The number of halogens is 1. The third-order valence-electron chi connectivity index (χ3n) is 5.96. The number of nitrogens with zero attached hydrogens (tertiary/aromatic N) is 2. The average Bonchev–Trinajstić information content (AvgIpc) is 3.12. The molecular formula is C20H28ClN3O2. The number of para-hydroxylation sites is 1. The first kappa shape index (κ1) is 19.2. The summed E-state index contributed by atoms with van der Waals surface area (Å²) in [4.78, 5) is 29.5. The molecular weight excluding hydrogens is 350 g/mol. The number of hydrogen-bond acceptors (Lipinski definition) is 3. The molecule has 26 heavy (non-hydrogen) atoms. The summed E-state index contributed by atoms with van der Waals surface area (Å²) in [6.45, 7) is 4.08. The van der Waals surface area contributed by atoms with Gasteiger partial charge in [-0.1, -0.05) is 18.2 Å². The monoisotopic (exact) mass is 377 g/mol.